The van der Waals surface area contributed by atoms with Crippen molar-refractivity contribution in [3.63, 3.8) is 0 Å². The summed E-state index contributed by atoms with van der Waals surface area (Å²) in [5.74, 6) is 1.37. The van der Waals surface area contributed by atoms with Crippen LogP contribution in [0.15, 0.2) is 28.7 Å². The van der Waals surface area contributed by atoms with Crippen molar-refractivity contribution in [2.75, 3.05) is 6.54 Å². The van der Waals surface area contributed by atoms with Crippen molar-refractivity contribution < 1.29 is 8.42 Å². The predicted molar refractivity (Wildman–Crippen MR) is 78.3 cm³/mol. The van der Waals surface area contributed by atoms with Gasteiger partial charge >= 0.3 is 0 Å². The second kappa shape index (κ2) is 5.31. The summed E-state index contributed by atoms with van der Waals surface area (Å²) >= 11 is 1.30. The number of nitrogens with one attached hydrogen (secondary N) is 1. The monoisotopic (exact) mass is 311 g/mol. The number of thiophene rings is 1. The number of sulfonamides is 1. The number of imidazole rings is 1. The van der Waals surface area contributed by atoms with E-state index in [0.29, 0.717) is 16.7 Å². The quantitative estimate of drug-likeness (QED) is 0.936. The maximum Gasteiger partial charge on any atom is 0.250 e. The van der Waals surface area contributed by atoms with Gasteiger partial charge in [-0.2, -0.15) is 0 Å². The van der Waals surface area contributed by atoms with E-state index in [1.807, 2.05) is 19.2 Å². The van der Waals surface area contributed by atoms with E-state index < -0.39 is 10.0 Å². The molecule has 1 N–H and O–H groups in total. The first-order valence-corrected chi connectivity index (χ1v) is 8.91. The van der Waals surface area contributed by atoms with Crippen LogP contribution < -0.4 is 4.72 Å². The summed E-state index contributed by atoms with van der Waals surface area (Å²) in [4.78, 5) is 5.31. The van der Waals surface area contributed by atoms with E-state index in [1.54, 1.807) is 12.3 Å². The predicted octanol–water partition coefficient (Wildman–Crippen LogP) is 1.79. The molecule has 0 amide bonds. The normalized spacial score (nSPS) is 18.9. The van der Waals surface area contributed by atoms with Gasteiger partial charge in [0.2, 0.25) is 10.0 Å². The second-order valence-corrected chi connectivity index (χ2v) is 8.39. The molecule has 0 unspecified atom stereocenters. The Bertz CT molecular complexity index is 703. The van der Waals surface area contributed by atoms with E-state index in [2.05, 4.69) is 14.3 Å². The van der Waals surface area contributed by atoms with E-state index in [9.17, 15) is 8.42 Å². The van der Waals surface area contributed by atoms with Crippen molar-refractivity contribution in [1.29, 1.82) is 0 Å². The Hall–Kier alpha value is -1.18. The number of aryl methyl sites for hydroxylation is 2. The first-order chi connectivity index (χ1) is 9.54. The van der Waals surface area contributed by atoms with E-state index in [-0.39, 0.29) is 0 Å². The van der Waals surface area contributed by atoms with Crippen molar-refractivity contribution >= 4 is 21.4 Å². The van der Waals surface area contributed by atoms with Crippen LogP contribution >= 0.6 is 11.3 Å². The Labute approximate surface area is 122 Å². The Morgan fingerprint density at radius 3 is 3.10 bits per heavy atom. The van der Waals surface area contributed by atoms with Crippen LogP contribution in [-0.4, -0.2) is 24.5 Å². The van der Waals surface area contributed by atoms with Crippen molar-refractivity contribution in [3.8, 4) is 0 Å². The average molecular weight is 311 g/mol. The highest BCUT2D eigenvalue weighted by atomic mass is 32.2. The Morgan fingerprint density at radius 2 is 2.35 bits per heavy atom. The molecule has 3 heterocycles. The number of hydrogen-bond acceptors (Lipinski definition) is 4. The summed E-state index contributed by atoms with van der Waals surface area (Å²) in [7, 11) is -3.36. The van der Waals surface area contributed by atoms with Gasteiger partial charge in [-0.25, -0.2) is 18.1 Å². The zero-order chi connectivity index (χ0) is 14.2. The Kier molecular flexibility index (Phi) is 3.66. The van der Waals surface area contributed by atoms with E-state index in [1.165, 1.54) is 11.3 Å². The molecule has 0 saturated heterocycles. The van der Waals surface area contributed by atoms with E-state index in [4.69, 9.17) is 0 Å². The van der Waals surface area contributed by atoms with Crippen LogP contribution in [0.2, 0.25) is 0 Å². The van der Waals surface area contributed by atoms with Gasteiger partial charge in [-0.1, -0.05) is 0 Å². The van der Waals surface area contributed by atoms with E-state index >= 15 is 0 Å². The van der Waals surface area contributed by atoms with Gasteiger partial charge in [0, 0.05) is 36.8 Å². The molecular weight excluding hydrogens is 294 g/mol. The second-order valence-electron chi connectivity index (χ2n) is 5.11. The zero-order valence-electron chi connectivity index (χ0n) is 11.2. The van der Waals surface area contributed by atoms with Crippen molar-refractivity contribution in [2.24, 2.45) is 5.92 Å². The van der Waals surface area contributed by atoms with Gasteiger partial charge in [-0.15, -0.1) is 11.3 Å². The molecule has 1 atom stereocenters. The number of rotatable bonds is 4. The maximum absolute atomic E-state index is 12.2. The summed E-state index contributed by atoms with van der Waals surface area (Å²) in [5.41, 5.74) is 0. The molecule has 1 aliphatic rings. The summed E-state index contributed by atoms with van der Waals surface area (Å²) in [5, 5.41) is 0. The van der Waals surface area contributed by atoms with Crippen LogP contribution in [0.1, 0.15) is 17.1 Å². The molecule has 20 heavy (non-hydrogen) atoms. The lowest BCUT2D eigenvalue weighted by Gasteiger charge is -2.23. The summed E-state index contributed by atoms with van der Waals surface area (Å²) < 4.78 is 29.6. The molecule has 0 aromatic carbocycles. The third-order valence-corrected chi connectivity index (χ3v) is 6.51. The fourth-order valence-corrected chi connectivity index (χ4v) is 4.89. The number of nitrogens with zero attached hydrogens (tertiary/aromatic N) is 2. The zero-order valence-corrected chi connectivity index (χ0v) is 12.9. The lowest BCUT2D eigenvalue weighted by atomic mass is 9.98. The van der Waals surface area contributed by atoms with Gasteiger partial charge in [0.25, 0.3) is 0 Å². The highest BCUT2D eigenvalue weighted by Crippen LogP contribution is 2.22. The molecule has 2 aromatic heterocycles. The molecule has 0 saturated carbocycles. The van der Waals surface area contributed by atoms with E-state index in [0.717, 1.165) is 30.1 Å². The molecule has 0 aliphatic carbocycles. The van der Waals surface area contributed by atoms with Crippen molar-refractivity contribution in [2.45, 2.75) is 30.5 Å². The lowest BCUT2D eigenvalue weighted by Crippen LogP contribution is -2.32. The molecule has 7 heteroatoms. The molecule has 2 aromatic rings. The summed E-state index contributed by atoms with van der Waals surface area (Å²) in [6.45, 7) is 3.30. The van der Waals surface area contributed by atoms with Gasteiger partial charge in [0.05, 0.1) is 0 Å². The van der Waals surface area contributed by atoms with Gasteiger partial charge in [0.15, 0.2) is 0 Å². The molecule has 0 radical (unpaired) electrons. The SMILES string of the molecule is Cc1ccc(S(=O)(=O)NC[C@@H]2CCn3ccnc3C2)s1. The fourth-order valence-electron chi connectivity index (χ4n) is 2.44. The highest BCUT2D eigenvalue weighted by molar-refractivity contribution is 7.91. The minimum atomic E-state index is -3.36. The fraction of sp³-hybridized carbons (Fsp3) is 0.462. The molecular formula is C13H17N3O2S2. The largest absolute Gasteiger partial charge is 0.335 e. The van der Waals surface area contributed by atoms with Crippen LogP contribution in [0.4, 0.5) is 0 Å². The van der Waals surface area contributed by atoms with Gasteiger partial charge in [-0.05, 0) is 31.4 Å². The first kappa shape index (κ1) is 13.8. The number of fused-ring (bicyclic) bond motifs is 1. The van der Waals surface area contributed by atoms with Crippen LogP contribution in [-0.2, 0) is 23.0 Å². The Balaban J connectivity index is 1.63. The lowest BCUT2D eigenvalue weighted by molar-refractivity contribution is 0.379. The molecule has 0 bridgehead atoms. The molecule has 3 rings (SSSR count). The van der Waals surface area contributed by atoms with Gasteiger partial charge in [-0.3, -0.25) is 0 Å². The number of hydrogen-bond donors (Lipinski definition) is 1. The summed E-state index contributed by atoms with van der Waals surface area (Å²) in [6.07, 6.45) is 5.59. The van der Waals surface area contributed by atoms with Crippen molar-refractivity contribution in [3.05, 3.63) is 35.2 Å². The van der Waals surface area contributed by atoms with Crippen LogP contribution in [0.3, 0.4) is 0 Å². The minimum Gasteiger partial charge on any atom is -0.335 e. The smallest absolute Gasteiger partial charge is 0.250 e. The first-order valence-electron chi connectivity index (χ1n) is 6.61. The topological polar surface area (TPSA) is 64.0 Å². The third-order valence-electron chi connectivity index (χ3n) is 3.59. The average Bonchev–Trinajstić information content (AvgIpc) is 3.04. The highest BCUT2D eigenvalue weighted by Gasteiger charge is 2.22. The summed E-state index contributed by atoms with van der Waals surface area (Å²) in [6, 6.07) is 3.49. The minimum absolute atomic E-state index is 0.320. The van der Waals surface area contributed by atoms with Crippen LogP contribution in [0, 0.1) is 12.8 Å². The number of aromatic nitrogens is 2. The third kappa shape index (κ3) is 2.79. The standard InChI is InChI=1S/C13H17N3O2S2/c1-10-2-3-13(19-10)20(17,18)15-9-11-4-6-16-7-5-14-12(16)8-11/h2-3,5,7,11,15H,4,6,8-9H2,1H3/t11-/m1/s1. The van der Waals surface area contributed by atoms with Gasteiger partial charge < -0.3 is 4.57 Å². The molecule has 1 aliphatic heterocycles. The maximum atomic E-state index is 12.2. The Morgan fingerprint density at radius 1 is 1.50 bits per heavy atom. The molecule has 0 fully saturated rings. The molecule has 108 valence electrons. The van der Waals surface area contributed by atoms with Crippen molar-refractivity contribution in [1.82, 2.24) is 14.3 Å². The molecule has 0 spiro atoms. The van der Waals surface area contributed by atoms with Crippen LogP contribution in [0.25, 0.3) is 0 Å². The van der Waals surface area contributed by atoms with Gasteiger partial charge in [0.1, 0.15) is 10.0 Å². The molecule has 5 nitrogen and oxygen atoms in total. The van der Waals surface area contributed by atoms with Crippen LogP contribution in [0.5, 0.6) is 0 Å².